The molecule has 1 N–H and O–H groups in total. The second-order valence-corrected chi connectivity index (χ2v) is 4.46. The first-order valence-electron chi connectivity index (χ1n) is 6.00. The fraction of sp³-hybridized carbons (Fsp3) is 0.308. The minimum absolute atomic E-state index is 0.0425. The Morgan fingerprint density at radius 1 is 1.45 bits per heavy atom. The molecular formula is C13H15N3O4. The molecule has 1 heterocycles. The number of rotatable bonds is 4. The lowest BCUT2D eigenvalue weighted by Crippen LogP contribution is -1.98. The zero-order valence-electron chi connectivity index (χ0n) is 11.5. The van der Waals surface area contributed by atoms with Crippen LogP contribution in [0.5, 0.6) is 11.6 Å². The normalized spacial score (nSPS) is 10.6. The Morgan fingerprint density at radius 3 is 2.70 bits per heavy atom. The summed E-state index contributed by atoms with van der Waals surface area (Å²) in [4.78, 5) is 10.3. The van der Waals surface area contributed by atoms with Crippen molar-refractivity contribution < 1.29 is 14.8 Å². The van der Waals surface area contributed by atoms with Crippen molar-refractivity contribution in [3.63, 3.8) is 0 Å². The van der Waals surface area contributed by atoms with Crippen molar-refractivity contribution in [1.82, 2.24) is 9.78 Å². The van der Waals surface area contributed by atoms with Gasteiger partial charge in [0.2, 0.25) is 5.88 Å². The second kappa shape index (κ2) is 5.30. The Kier molecular flexibility index (Phi) is 3.71. The van der Waals surface area contributed by atoms with Crippen molar-refractivity contribution in [2.24, 2.45) is 7.05 Å². The van der Waals surface area contributed by atoms with E-state index in [0.717, 1.165) is 0 Å². The molecule has 2 rings (SSSR count). The van der Waals surface area contributed by atoms with Gasteiger partial charge in [0.1, 0.15) is 5.75 Å². The highest BCUT2D eigenvalue weighted by atomic mass is 16.6. The Labute approximate surface area is 115 Å². The predicted octanol–water partition coefficient (Wildman–Crippen LogP) is 2.23. The lowest BCUT2D eigenvalue weighted by atomic mass is 10.2. The minimum Gasteiger partial charge on any atom is -0.439 e. The third-order valence-electron chi connectivity index (χ3n) is 3.03. The summed E-state index contributed by atoms with van der Waals surface area (Å²) < 4.78 is 7.21. The standard InChI is InChI=1S/C13H15N3O4/c1-8-6-10(4-5-12(8)16(18)19)20-13-11(7-17)9(2)14-15(13)3/h4-6,17H,7H2,1-3H3. The Bertz CT molecular complexity index is 664. The van der Waals surface area contributed by atoms with Gasteiger partial charge < -0.3 is 9.84 Å². The van der Waals surface area contributed by atoms with Gasteiger partial charge >= 0.3 is 0 Å². The van der Waals surface area contributed by atoms with E-state index in [1.54, 1.807) is 27.0 Å². The first-order valence-corrected chi connectivity index (χ1v) is 6.00. The summed E-state index contributed by atoms with van der Waals surface area (Å²) >= 11 is 0. The van der Waals surface area contributed by atoms with Crippen molar-refractivity contribution in [3.8, 4) is 11.6 Å². The Hall–Kier alpha value is -2.41. The molecule has 0 fully saturated rings. The summed E-state index contributed by atoms with van der Waals surface area (Å²) in [6.45, 7) is 3.24. The highest BCUT2D eigenvalue weighted by Crippen LogP contribution is 2.30. The van der Waals surface area contributed by atoms with Crippen LogP contribution in [0.4, 0.5) is 5.69 Å². The highest BCUT2D eigenvalue weighted by molar-refractivity contribution is 5.46. The quantitative estimate of drug-likeness (QED) is 0.683. The highest BCUT2D eigenvalue weighted by Gasteiger charge is 2.16. The van der Waals surface area contributed by atoms with Crippen LogP contribution in [-0.4, -0.2) is 19.8 Å². The summed E-state index contributed by atoms with van der Waals surface area (Å²) in [7, 11) is 1.71. The molecule has 1 aromatic heterocycles. The van der Waals surface area contributed by atoms with Gasteiger partial charge in [-0.1, -0.05) is 0 Å². The minimum atomic E-state index is -0.438. The molecule has 0 saturated carbocycles. The van der Waals surface area contributed by atoms with Gasteiger partial charge in [-0.15, -0.1) is 0 Å². The fourth-order valence-corrected chi connectivity index (χ4v) is 2.00. The second-order valence-electron chi connectivity index (χ2n) is 4.46. The maximum atomic E-state index is 10.8. The average molecular weight is 277 g/mol. The van der Waals surface area contributed by atoms with E-state index in [9.17, 15) is 15.2 Å². The van der Waals surface area contributed by atoms with Gasteiger partial charge in [-0.05, 0) is 26.0 Å². The molecule has 0 saturated heterocycles. The monoisotopic (exact) mass is 277 g/mol. The van der Waals surface area contributed by atoms with Crippen LogP contribution >= 0.6 is 0 Å². The van der Waals surface area contributed by atoms with Crippen LogP contribution in [0.15, 0.2) is 18.2 Å². The number of nitrogens with zero attached hydrogens (tertiary/aromatic N) is 3. The van der Waals surface area contributed by atoms with Crippen LogP contribution in [-0.2, 0) is 13.7 Å². The van der Waals surface area contributed by atoms with Crippen molar-refractivity contribution in [3.05, 3.63) is 45.1 Å². The first kappa shape index (κ1) is 14.0. The topological polar surface area (TPSA) is 90.4 Å². The molecule has 0 amide bonds. The molecule has 106 valence electrons. The van der Waals surface area contributed by atoms with E-state index in [1.807, 2.05) is 0 Å². The molecular weight excluding hydrogens is 262 g/mol. The van der Waals surface area contributed by atoms with E-state index >= 15 is 0 Å². The van der Waals surface area contributed by atoms with Crippen LogP contribution in [0.3, 0.4) is 0 Å². The van der Waals surface area contributed by atoms with Crippen LogP contribution in [0, 0.1) is 24.0 Å². The van der Waals surface area contributed by atoms with E-state index in [2.05, 4.69) is 5.10 Å². The number of benzene rings is 1. The number of aryl methyl sites for hydroxylation is 3. The van der Waals surface area contributed by atoms with Crippen LogP contribution in [0.25, 0.3) is 0 Å². The summed E-state index contributed by atoms with van der Waals surface area (Å²) in [5.74, 6) is 0.893. The number of nitro benzene ring substituents is 1. The summed E-state index contributed by atoms with van der Waals surface area (Å²) in [5, 5.41) is 24.3. The molecule has 0 atom stereocenters. The smallest absolute Gasteiger partial charge is 0.272 e. The Morgan fingerprint density at radius 2 is 2.15 bits per heavy atom. The number of aliphatic hydroxyl groups is 1. The summed E-state index contributed by atoms with van der Waals surface area (Å²) in [6.07, 6.45) is 0. The summed E-state index contributed by atoms with van der Waals surface area (Å²) in [5.41, 5.74) is 1.84. The maximum absolute atomic E-state index is 10.8. The maximum Gasteiger partial charge on any atom is 0.272 e. The zero-order valence-corrected chi connectivity index (χ0v) is 11.5. The van der Waals surface area contributed by atoms with E-state index in [0.29, 0.717) is 28.5 Å². The molecule has 7 nitrogen and oxygen atoms in total. The SMILES string of the molecule is Cc1cc(Oc2c(CO)c(C)nn2C)ccc1[N+](=O)[O-]. The molecule has 7 heteroatoms. The molecule has 0 unspecified atom stereocenters. The van der Waals surface area contributed by atoms with E-state index in [1.165, 1.54) is 16.8 Å². The van der Waals surface area contributed by atoms with Crippen molar-refractivity contribution >= 4 is 5.69 Å². The van der Waals surface area contributed by atoms with Crippen molar-refractivity contribution in [1.29, 1.82) is 0 Å². The van der Waals surface area contributed by atoms with Gasteiger partial charge in [0.05, 0.1) is 22.8 Å². The van der Waals surface area contributed by atoms with E-state index < -0.39 is 4.92 Å². The predicted molar refractivity (Wildman–Crippen MR) is 71.8 cm³/mol. The number of aromatic nitrogens is 2. The molecule has 0 bridgehead atoms. The lowest BCUT2D eigenvalue weighted by Gasteiger charge is -2.08. The number of aliphatic hydroxyl groups excluding tert-OH is 1. The number of nitro groups is 1. The third-order valence-corrected chi connectivity index (χ3v) is 3.03. The van der Waals surface area contributed by atoms with Crippen molar-refractivity contribution in [2.75, 3.05) is 0 Å². The van der Waals surface area contributed by atoms with Gasteiger partial charge in [0, 0.05) is 18.7 Å². The molecule has 0 aliphatic heterocycles. The fourth-order valence-electron chi connectivity index (χ4n) is 2.00. The van der Waals surface area contributed by atoms with Crippen molar-refractivity contribution in [2.45, 2.75) is 20.5 Å². The molecule has 0 spiro atoms. The number of ether oxygens (including phenoxy) is 1. The zero-order chi connectivity index (χ0) is 14.9. The van der Waals surface area contributed by atoms with E-state index in [4.69, 9.17) is 4.74 Å². The van der Waals surface area contributed by atoms with Crippen LogP contribution < -0.4 is 4.74 Å². The van der Waals surface area contributed by atoms with Gasteiger partial charge in [0.25, 0.3) is 5.69 Å². The molecule has 0 radical (unpaired) electrons. The lowest BCUT2D eigenvalue weighted by molar-refractivity contribution is -0.385. The number of hydrogen-bond donors (Lipinski definition) is 1. The van der Waals surface area contributed by atoms with Gasteiger partial charge in [-0.25, -0.2) is 4.68 Å². The van der Waals surface area contributed by atoms with Crippen LogP contribution in [0.1, 0.15) is 16.8 Å². The van der Waals surface area contributed by atoms with Gasteiger partial charge in [0.15, 0.2) is 0 Å². The van der Waals surface area contributed by atoms with E-state index in [-0.39, 0.29) is 12.3 Å². The largest absolute Gasteiger partial charge is 0.439 e. The molecule has 0 aliphatic carbocycles. The molecule has 1 aromatic carbocycles. The summed E-state index contributed by atoms with van der Waals surface area (Å²) in [6, 6.07) is 4.50. The Balaban J connectivity index is 2.36. The average Bonchev–Trinajstić information content (AvgIpc) is 2.63. The van der Waals surface area contributed by atoms with Gasteiger partial charge in [-0.3, -0.25) is 10.1 Å². The molecule has 20 heavy (non-hydrogen) atoms. The van der Waals surface area contributed by atoms with Crippen LogP contribution in [0.2, 0.25) is 0 Å². The number of hydrogen-bond acceptors (Lipinski definition) is 5. The molecule has 2 aromatic rings. The first-order chi connectivity index (χ1) is 9.43. The molecule has 0 aliphatic rings. The van der Waals surface area contributed by atoms with Gasteiger partial charge in [-0.2, -0.15) is 5.10 Å². The third kappa shape index (κ3) is 2.48.